The summed E-state index contributed by atoms with van der Waals surface area (Å²) in [5.74, 6) is 1.40. The molecule has 0 aliphatic rings. The first-order chi connectivity index (χ1) is 6.49. The highest BCUT2D eigenvalue weighted by molar-refractivity contribution is 7.71. The molecule has 1 heterocycles. The highest BCUT2D eigenvalue weighted by atomic mass is 32.1. The second kappa shape index (κ2) is 4.66. The van der Waals surface area contributed by atoms with Crippen LogP contribution in [0.3, 0.4) is 0 Å². The number of aromatic nitrogens is 2. The predicted octanol–water partition coefficient (Wildman–Crippen LogP) is 2.32. The SMILES string of the molecule is CC(C)c1cc(=S)nc(CN(C)C)[nH]1. The third-order valence-electron chi connectivity index (χ3n) is 1.90. The second-order valence-electron chi connectivity index (χ2n) is 4.01. The quantitative estimate of drug-likeness (QED) is 0.779. The lowest BCUT2D eigenvalue weighted by Crippen LogP contribution is -2.14. The normalized spacial score (nSPS) is 11.3. The van der Waals surface area contributed by atoms with Crippen LogP contribution in [0, 0.1) is 4.64 Å². The molecule has 1 rings (SSSR count). The van der Waals surface area contributed by atoms with E-state index in [2.05, 4.69) is 28.7 Å². The van der Waals surface area contributed by atoms with Crippen molar-refractivity contribution in [2.45, 2.75) is 26.3 Å². The van der Waals surface area contributed by atoms with E-state index in [4.69, 9.17) is 12.2 Å². The minimum absolute atomic E-state index is 0.459. The summed E-state index contributed by atoms with van der Waals surface area (Å²) in [6.45, 7) is 5.07. The monoisotopic (exact) mass is 211 g/mol. The maximum Gasteiger partial charge on any atom is 0.130 e. The van der Waals surface area contributed by atoms with Gasteiger partial charge in [0, 0.05) is 5.69 Å². The van der Waals surface area contributed by atoms with Gasteiger partial charge < -0.3 is 9.88 Å². The molecular weight excluding hydrogens is 194 g/mol. The van der Waals surface area contributed by atoms with E-state index in [-0.39, 0.29) is 0 Å². The molecule has 78 valence electrons. The molecule has 0 aromatic carbocycles. The third kappa shape index (κ3) is 3.20. The molecule has 0 atom stereocenters. The molecular formula is C10H17N3S. The molecule has 0 fully saturated rings. The van der Waals surface area contributed by atoms with Gasteiger partial charge in [-0.1, -0.05) is 26.1 Å². The molecule has 1 aromatic rings. The van der Waals surface area contributed by atoms with Crippen LogP contribution in [0.4, 0.5) is 0 Å². The number of H-pyrrole nitrogens is 1. The molecule has 0 amide bonds. The Bertz CT molecular complexity index is 355. The van der Waals surface area contributed by atoms with Crippen LogP contribution in [0.2, 0.25) is 0 Å². The smallest absolute Gasteiger partial charge is 0.130 e. The van der Waals surface area contributed by atoms with Gasteiger partial charge in [-0.05, 0) is 26.1 Å². The largest absolute Gasteiger partial charge is 0.346 e. The standard InChI is InChI=1S/C10H17N3S/c1-7(2)8-5-10(14)12-9(11-8)6-13(3)4/h5,7H,6H2,1-4H3,(H,11,12,14). The van der Waals surface area contributed by atoms with Crippen LogP contribution >= 0.6 is 12.2 Å². The van der Waals surface area contributed by atoms with Gasteiger partial charge in [-0.3, -0.25) is 0 Å². The van der Waals surface area contributed by atoms with Gasteiger partial charge in [0.2, 0.25) is 0 Å². The van der Waals surface area contributed by atoms with Crippen molar-refractivity contribution >= 4 is 12.2 Å². The second-order valence-corrected chi connectivity index (χ2v) is 4.43. The number of nitrogens with zero attached hydrogens (tertiary/aromatic N) is 2. The van der Waals surface area contributed by atoms with E-state index in [0.717, 1.165) is 18.1 Å². The summed E-state index contributed by atoms with van der Waals surface area (Å²) in [7, 11) is 4.03. The fourth-order valence-corrected chi connectivity index (χ4v) is 1.45. The average molecular weight is 211 g/mol. The Morgan fingerprint density at radius 2 is 2.14 bits per heavy atom. The van der Waals surface area contributed by atoms with Crippen LogP contribution in [0.1, 0.15) is 31.3 Å². The summed E-state index contributed by atoms with van der Waals surface area (Å²) in [5.41, 5.74) is 1.15. The van der Waals surface area contributed by atoms with Gasteiger partial charge in [0.15, 0.2) is 0 Å². The Morgan fingerprint density at radius 3 is 2.64 bits per heavy atom. The minimum Gasteiger partial charge on any atom is -0.346 e. The molecule has 1 aromatic heterocycles. The molecule has 14 heavy (non-hydrogen) atoms. The van der Waals surface area contributed by atoms with Crippen LogP contribution in [0.25, 0.3) is 0 Å². The Balaban J connectivity index is 3.01. The lowest BCUT2D eigenvalue weighted by Gasteiger charge is -2.11. The first-order valence-electron chi connectivity index (χ1n) is 4.74. The lowest BCUT2D eigenvalue weighted by atomic mass is 10.1. The van der Waals surface area contributed by atoms with Crippen LogP contribution in [-0.2, 0) is 6.54 Å². The van der Waals surface area contributed by atoms with Gasteiger partial charge in [0.1, 0.15) is 10.5 Å². The average Bonchev–Trinajstić information content (AvgIpc) is 2.01. The highest BCUT2D eigenvalue weighted by Crippen LogP contribution is 2.11. The summed E-state index contributed by atoms with van der Waals surface area (Å²) in [6, 6.07) is 1.93. The number of nitrogens with one attached hydrogen (secondary N) is 1. The van der Waals surface area contributed by atoms with Crippen LogP contribution in [-0.4, -0.2) is 29.0 Å². The van der Waals surface area contributed by atoms with Gasteiger partial charge in [-0.2, -0.15) is 0 Å². The molecule has 4 heteroatoms. The number of rotatable bonds is 3. The minimum atomic E-state index is 0.459. The van der Waals surface area contributed by atoms with Crippen LogP contribution in [0.15, 0.2) is 6.07 Å². The van der Waals surface area contributed by atoms with Crippen molar-refractivity contribution in [2.24, 2.45) is 0 Å². The zero-order valence-corrected chi connectivity index (χ0v) is 9.98. The summed E-state index contributed by atoms with van der Waals surface area (Å²) in [6.07, 6.45) is 0. The first kappa shape index (κ1) is 11.3. The number of hydrogen-bond acceptors (Lipinski definition) is 3. The van der Waals surface area contributed by atoms with E-state index < -0.39 is 0 Å². The van der Waals surface area contributed by atoms with E-state index >= 15 is 0 Å². The Morgan fingerprint density at radius 1 is 1.50 bits per heavy atom. The topological polar surface area (TPSA) is 31.9 Å². The van der Waals surface area contributed by atoms with Crippen LogP contribution in [0.5, 0.6) is 0 Å². The lowest BCUT2D eigenvalue weighted by molar-refractivity contribution is 0.389. The number of aromatic amines is 1. The van der Waals surface area contributed by atoms with E-state index in [1.54, 1.807) is 0 Å². The molecule has 0 aliphatic carbocycles. The zero-order chi connectivity index (χ0) is 10.7. The fraction of sp³-hybridized carbons (Fsp3) is 0.600. The van der Waals surface area contributed by atoms with Crippen molar-refractivity contribution in [1.82, 2.24) is 14.9 Å². The molecule has 0 saturated carbocycles. The van der Waals surface area contributed by atoms with Crippen LogP contribution < -0.4 is 0 Å². The third-order valence-corrected chi connectivity index (χ3v) is 2.11. The summed E-state index contributed by atoms with van der Waals surface area (Å²) in [4.78, 5) is 9.64. The van der Waals surface area contributed by atoms with Gasteiger partial charge in [0.05, 0.1) is 6.54 Å². The van der Waals surface area contributed by atoms with Crippen molar-refractivity contribution in [3.05, 3.63) is 22.2 Å². The zero-order valence-electron chi connectivity index (χ0n) is 9.16. The van der Waals surface area contributed by atoms with E-state index in [0.29, 0.717) is 10.6 Å². The van der Waals surface area contributed by atoms with Crippen molar-refractivity contribution in [3.63, 3.8) is 0 Å². The first-order valence-corrected chi connectivity index (χ1v) is 5.14. The number of hydrogen-bond donors (Lipinski definition) is 1. The van der Waals surface area contributed by atoms with Crippen molar-refractivity contribution in [1.29, 1.82) is 0 Å². The van der Waals surface area contributed by atoms with E-state index in [1.165, 1.54) is 0 Å². The predicted molar refractivity (Wildman–Crippen MR) is 60.9 cm³/mol. The van der Waals surface area contributed by atoms with Crippen molar-refractivity contribution in [2.75, 3.05) is 14.1 Å². The summed E-state index contributed by atoms with van der Waals surface area (Å²) in [5, 5.41) is 0. The van der Waals surface area contributed by atoms with Gasteiger partial charge in [-0.25, -0.2) is 4.98 Å². The maximum atomic E-state index is 5.11. The summed E-state index contributed by atoms with van der Waals surface area (Å²) < 4.78 is 0.671. The Labute approximate surface area is 90.2 Å². The van der Waals surface area contributed by atoms with Crippen molar-refractivity contribution < 1.29 is 0 Å². The van der Waals surface area contributed by atoms with E-state index in [1.807, 2.05) is 20.2 Å². The van der Waals surface area contributed by atoms with E-state index in [9.17, 15) is 0 Å². The van der Waals surface area contributed by atoms with Gasteiger partial charge in [-0.15, -0.1) is 0 Å². The molecule has 0 aliphatic heterocycles. The molecule has 0 bridgehead atoms. The maximum absolute atomic E-state index is 5.11. The molecule has 0 spiro atoms. The molecule has 3 nitrogen and oxygen atoms in total. The molecule has 0 unspecified atom stereocenters. The summed E-state index contributed by atoms with van der Waals surface area (Å²) >= 11 is 5.11. The Hall–Kier alpha value is -0.740. The molecule has 0 saturated heterocycles. The fourth-order valence-electron chi connectivity index (χ4n) is 1.21. The molecule has 0 radical (unpaired) electrons. The molecule has 1 N–H and O–H groups in total. The van der Waals surface area contributed by atoms with Crippen molar-refractivity contribution in [3.8, 4) is 0 Å². The van der Waals surface area contributed by atoms with Gasteiger partial charge >= 0.3 is 0 Å². The highest BCUT2D eigenvalue weighted by Gasteiger charge is 2.03. The van der Waals surface area contributed by atoms with Gasteiger partial charge in [0.25, 0.3) is 0 Å². The Kier molecular flexibility index (Phi) is 3.77.